The van der Waals surface area contributed by atoms with Crippen LogP contribution in [0.4, 0.5) is 0 Å². The lowest BCUT2D eigenvalue weighted by Crippen LogP contribution is -2.37. The number of carbonyl (C=O) groups excluding carboxylic acids is 1. The minimum absolute atomic E-state index is 0.0315. The summed E-state index contributed by atoms with van der Waals surface area (Å²) in [5, 5.41) is 12.5. The minimum Gasteiger partial charge on any atom is -0.497 e. The Balaban J connectivity index is 1.54. The predicted octanol–water partition coefficient (Wildman–Crippen LogP) is 4.32. The summed E-state index contributed by atoms with van der Waals surface area (Å²) in [6.45, 7) is 6.11. The van der Waals surface area contributed by atoms with Crippen molar-refractivity contribution in [2.45, 2.75) is 52.5 Å². The van der Waals surface area contributed by atoms with Crippen molar-refractivity contribution in [2.75, 3.05) is 7.11 Å². The van der Waals surface area contributed by atoms with Crippen LogP contribution in [-0.4, -0.2) is 39.0 Å². The largest absolute Gasteiger partial charge is 0.497 e. The van der Waals surface area contributed by atoms with Crippen LogP contribution >= 0.6 is 11.3 Å². The molecule has 1 fully saturated rings. The van der Waals surface area contributed by atoms with Gasteiger partial charge >= 0.3 is 0 Å². The van der Waals surface area contributed by atoms with Gasteiger partial charge in [-0.1, -0.05) is 12.1 Å². The van der Waals surface area contributed by atoms with E-state index in [0.29, 0.717) is 15.6 Å². The zero-order valence-electron chi connectivity index (χ0n) is 17.8. The highest BCUT2D eigenvalue weighted by atomic mass is 32.1. The molecule has 7 nitrogen and oxygen atoms in total. The highest BCUT2D eigenvalue weighted by Crippen LogP contribution is 2.30. The lowest BCUT2D eigenvalue weighted by molar-refractivity contribution is 0.0926. The molecule has 0 unspecified atom stereocenters. The maximum absolute atomic E-state index is 12.8. The molecule has 0 bridgehead atoms. The Hall–Kier alpha value is -2.74. The Kier molecular flexibility index (Phi) is 5.85. The predicted molar refractivity (Wildman–Crippen MR) is 117 cm³/mol. The number of thiazole rings is 1. The lowest BCUT2D eigenvalue weighted by Gasteiger charge is -2.26. The molecular weight excluding hydrogens is 398 g/mol. The van der Waals surface area contributed by atoms with Crippen LogP contribution in [0.2, 0.25) is 0 Å². The third-order valence-electron chi connectivity index (χ3n) is 5.77. The summed E-state index contributed by atoms with van der Waals surface area (Å²) in [7, 11) is 1.64. The second-order valence-electron chi connectivity index (χ2n) is 8.00. The minimum atomic E-state index is -0.0315. The van der Waals surface area contributed by atoms with Crippen molar-refractivity contribution in [2.24, 2.45) is 5.92 Å². The van der Waals surface area contributed by atoms with Gasteiger partial charge in [0.2, 0.25) is 0 Å². The zero-order valence-corrected chi connectivity index (χ0v) is 18.6. The molecule has 158 valence electrons. The van der Waals surface area contributed by atoms with E-state index in [0.717, 1.165) is 41.6 Å². The topological polar surface area (TPSA) is 81.9 Å². The van der Waals surface area contributed by atoms with Crippen molar-refractivity contribution in [1.29, 1.82) is 0 Å². The maximum atomic E-state index is 12.8. The van der Waals surface area contributed by atoms with Crippen molar-refractivity contribution in [1.82, 2.24) is 25.3 Å². The quantitative estimate of drug-likeness (QED) is 0.658. The van der Waals surface area contributed by atoms with Gasteiger partial charge in [-0.25, -0.2) is 9.67 Å². The number of benzene rings is 1. The second kappa shape index (κ2) is 8.55. The van der Waals surface area contributed by atoms with E-state index >= 15 is 0 Å². The average molecular weight is 426 g/mol. The highest BCUT2D eigenvalue weighted by molar-refractivity contribution is 7.17. The van der Waals surface area contributed by atoms with Gasteiger partial charge in [0.05, 0.1) is 24.2 Å². The van der Waals surface area contributed by atoms with E-state index in [1.165, 1.54) is 24.2 Å². The average Bonchev–Trinajstić information content (AvgIpc) is 3.32. The van der Waals surface area contributed by atoms with E-state index in [9.17, 15) is 4.79 Å². The number of hydrogen-bond acceptors (Lipinski definition) is 6. The van der Waals surface area contributed by atoms with Crippen LogP contribution in [0.5, 0.6) is 5.75 Å². The van der Waals surface area contributed by atoms with Gasteiger partial charge in [-0.3, -0.25) is 4.79 Å². The first-order valence-corrected chi connectivity index (χ1v) is 11.1. The first kappa shape index (κ1) is 20.5. The lowest BCUT2D eigenvalue weighted by atomic mass is 9.87. The Bertz CT molecular complexity index is 1030. The molecule has 8 heteroatoms. The summed E-state index contributed by atoms with van der Waals surface area (Å²) >= 11 is 1.38. The van der Waals surface area contributed by atoms with Gasteiger partial charge in [-0.15, -0.1) is 16.4 Å². The zero-order chi connectivity index (χ0) is 21.3. The van der Waals surface area contributed by atoms with Gasteiger partial charge in [0.25, 0.3) is 5.91 Å². The fraction of sp³-hybridized carbons (Fsp3) is 0.455. The molecule has 3 aromatic rings. The van der Waals surface area contributed by atoms with E-state index in [1.54, 1.807) is 11.8 Å². The number of aromatic nitrogens is 4. The molecular formula is C22H27N5O2S. The molecule has 30 heavy (non-hydrogen) atoms. The third-order valence-corrected chi connectivity index (χ3v) is 6.93. The molecule has 1 aliphatic carbocycles. The number of carbonyl (C=O) groups is 1. The van der Waals surface area contributed by atoms with Gasteiger partial charge in [0.1, 0.15) is 21.3 Å². The van der Waals surface area contributed by atoms with E-state index in [2.05, 4.69) is 27.5 Å². The Labute approximate surface area is 180 Å². The van der Waals surface area contributed by atoms with Gasteiger partial charge in [0.15, 0.2) is 0 Å². The van der Waals surface area contributed by atoms with Gasteiger partial charge in [0, 0.05) is 6.04 Å². The van der Waals surface area contributed by atoms with Gasteiger partial charge in [-0.05, 0) is 69.7 Å². The molecule has 1 N–H and O–H groups in total. The van der Waals surface area contributed by atoms with Crippen LogP contribution in [-0.2, 0) is 0 Å². The number of aryl methyl sites for hydroxylation is 1. The summed E-state index contributed by atoms with van der Waals surface area (Å²) < 4.78 is 6.99. The number of nitrogens with zero attached hydrogens (tertiary/aromatic N) is 4. The Morgan fingerprint density at radius 3 is 2.53 bits per heavy atom. The normalized spacial score (nSPS) is 18.9. The molecule has 2 heterocycles. The summed E-state index contributed by atoms with van der Waals surface area (Å²) in [5.41, 5.74) is 3.20. The van der Waals surface area contributed by atoms with Crippen LogP contribution in [0.1, 0.15) is 53.7 Å². The summed E-state index contributed by atoms with van der Waals surface area (Å²) in [4.78, 5) is 18.1. The van der Waals surface area contributed by atoms with Crippen LogP contribution in [0.25, 0.3) is 16.4 Å². The van der Waals surface area contributed by atoms with Crippen LogP contribution < -0.4 is 10.1 Å². The molecule has 0 atom stereocenters. The van der Waals surface area contributed by atoms with Crippen molar-refractivity contribution in [3.05, 3.63) is 40.5 Å². The Morgan fingerprint density at radius 1 is 1.17 bits per heavy atom. The fourth-order valence-electron chi connectivity index (χ4n) is 3.86. The van der Waals surface area contributed by atoms with E-state index in [1.807, 2.05) is 38.1 Å². The molecule has 4 rings (SSSR count). The molecule has 0 radical (unpaired) electrons. The molecule has 1 aliphatic rings. The molecule has 1 aromatic carbocycles. The third kappa shape index (κ3) is 4.09. The van der Waals surface area contributed by atoms with Crippen molar-refractivity contribution in [3.8, 4) is 22.1 Å². The molecule has 2 aromatic heterocycles. The van der Waals surface area contributed by atoms with Crippen molar-refractivity contribution >= 4 is 17.2 Å². The number of hydrogen-bond donors (Lipinski definition) is 1. The molecule has 0 saturated heterocycles. The van der Waals surface area contributed by atoms with E-state index < -0.39 is 0 Å². The fourth-order valence-corrected chi connectivity index (χ4v) is 4.87. The van der Waals surface area contributed by atoms with E-state index in [-0.39, 0.29) is 11.9 Å². The van der Waals surface area contributed by atoms with Crippen LogP contribution in [0.15, 0.2) is 24.3 Å². The number of rotatable bonds is 5. The van der Waals surface area contributed by atoms with Gasteiger partial charge in [-0.2, -0.15) is 0 Å². The first-order valence-electron chi connectivity index (χ1n) is 10.3. The SMILES string of the molecule is COc1ccc(-n2nnc(-c3nc(C)c(C(=O)NC4CCC(C)CC4)s3)c2C)cc1. The standard InChI is InChI=1S/C22H27N5O2S/c1-13-5-7-16(8-6-13)24-21(28)20-14(2)23-22(30-20)19-15(3)27(26-25-19)17-9-11-18(29-4)12-10-17/h9-13,16H,5-8H2,1-4H3,(H,24,28). The van der Waals surface area contributed by atoms with Gasteiger partial charge < -0.3 is 10.1 Å². The number of nitrogens with one attached hydrogen (secondary N) is 1. The highest BCUT2D eigenvalue weighted by Gasteiger charge is 2.24. The first-order chi connectivity index (χ1) is 14.5. The van der Waals surface area contributed by atoms with Crippen molar-refractivity contribution in [3.63, 3.8) is 0 Å². The monoisotopic (exact) mass is 425 g/mol. The smallest absolute Gasteiger partial charge is 0.263 e. The summed E-state index contributed by atoms with van der Waals surface area (Å²) in [5.74, 6) is 1.51. The molecule has 1 saturated carbocycles. The number of amides is 1. The van der Waals surface area contributed by atoms with Crippen LogP contribution in [0.3, 0.4) is 0 Å². The number of ether oxygens (including phenoxy) is 1. The van der Waals surface area contributed by atoms with Crippen molar-refractivity contribution < 1.29 is 9.53 Å². The second-order valence-corrected chi connectivity index (χ2v) is 9.00. The molecule has 0 aliphatic heterocycles. The van der Waals surface area contributed by atoms with Crippen LogP contribution in [0, 0.1) is 19.8 Å². The van der Waals surface area contributed by atoms with E-state index in [4.69, 9.17) is 4.74 Å². The summed E-state index contributed by atoms with van der Waals surface area (Å²) in [6.07, 6.45) is 4.44. The molecule has 1 amide bonds. The molecule has 0 spiro atoms. The maximum Gasteiger partial charge on any atom is 0.263 e. The number of methoxy groups -OCH3 is 1. The summed E-state index contributed by atoms with van der Waals surface area (Å²) in [6, 6.07) is 7.90. The Morgan fingerprint density at radius 2 is 1.87 bits per heavy atom.